The summed E-state index contributed by atoms with van der Waals surface area (Å²) in [6, 6.07) is 5.30. The van der Waals surface area contributed by atoms with Crippen molar-refractivity contribution in [1.29, 1.82) is 0 Å². The van der Waals surface area contributed by atoms with Crippen molar-refractivity contribution in [3.63, 3.8) is 0 Å². The Labute approximate surface area is 112 Å². The van der Waals surface area contributed by atoms with E-state index in [1.807, 2.05) is 6.92 Å². The molecular formula is C14H20F3NO. The topological polar surface area (TPSA) is 21.3 Å². The molecule has 2 nitrogen and oxygen atoms in total. The first kappa shape index (κ1) is 15.8. The van der Waals surface area contributed by atoms with Gasteiger partial charge in [-0.25, -0.2) is 0 Å². The van der Waals surface area contributed by atoms with Crippen molar-refractivity contribution in [2.45, 2.75) is 26.4 Å². The number of hydrogen-bond donors (Lipinski definition) is 1. The number of halogens is 3. The molecule has 19 heavy (non-hydrogen) atoms. The number of hydrogen-bond acceptors (Lipinski definition) is 2. The van der Waals surface area contributed by atoms with Crippen molar-refractivity contribution < 1.29 is 17.9 Å². The highest BCUT2D eigenvalue weighted by Crippen LogP contribution is 2.35. The summed E-state index contributed by atoms with van der Waals surface area (Å²) in [5.41, 5.74) is -0.719. The number of nitrogens with one attached hydrogen (secondary N) is 1. The van der Waals surface area contributed by atoms with Gasteiger partial charge < -0.3 is 10.1 Å². The predicted octanol–water partition coefficient (Wildman–Crippen LogP) is 3.72. The van der Waals surface area contributed by atoms with Crippen molar-refractivity contribution in [1.82, 2.24) is 5.32 Å². The van der Waals surface area contributed by atoms with Crippen molar-refractivity contribution in [3.05, 3.63) is 29.8 Å². The molecule has 0 radical (unpaired) electrons. The lowest BCUT2D eigenvalue weighted by molar-refractivity contribution is -0.139. The van der Waals surface area contributed by atoms with E-state index in [2.05, 4.69) is 12.2 Å². The van der Waals surface area contributed by atoms with E-state index in [1.54, 1.807) is 6.07 Å². The maximum absolute atomic E-state index is 12.7. The second kappa shape index (κ2) is 7.38. The van der Waals surface area contributed by atoms with Crippen LogP contribution in [0.5, 0.6) is 5.75 Å². The van der Waals surface area contributed by atoms with E-state index < -0.39 is 11.7 Å². The third kappa shape index (κ3) is 5.51. The maximum atomic E-state index is 12.7. The van der Waals surface area contributed by atoms with Crippen LogP contribution in [-0.2, 0) is 6.18 Å². The van der Waals surface area contributed by atoms with Crippen molar-refractivity contribution in [3.8, 4) is 5.75 Å². The van der Waals surface area contributed by atoms with E-state index in [-0.39, 0.29) is 18.3 Å². The van der Waals surface area contributed by atoms with Crippen LogP contribution in [0.4, 0.5) is 13.2 Å². The highest BCUT2D eigenvalue weighted by atomic mass is 19.4. The van der Waals surface area contributed by atoms with Gasteiger partial charge in [-0.2, -0.15) is 13.2 Å². The zero-order valence-electron chi connectivity index (χ0n) is 11.3. The molecule has 0 aliphatic carbocycles. The van der Waals surface area contributed by atoms with Crippen LogP contribution in [0.1, 0.15) is 25.8 Å². The Morgan fingerprint density at radius 1 is 1.26 bits per heavy atom. The van der Waals surface area contributed by atoms with Gasteiger partial charge >= 0.3 is 6.18 Å². The molecule has 1 unspecified atom stereocenters. The van der Waals surface area contributed by atoms with Crippen LogP contribution < -0.4 is 10.1 Å². The molecule has 108 valence electrons. The lowest BCUT2D eigenvalue weighted by Gasteiger charge is -2.17. The molecule has 0 heterocycles. The summed E-state index contributed by atoms with van der Waals surface area (Å²) in [6.07, 6.45) is -3.34. The molecule has 1 rings (SSSR count). The van der Waals surface area contributed by atoms with Crippen molar-refractivity contribution in [2.24, 2.45) is 5.92 Å². The number of ether oxygens (including phenoxy) is 1. The largest absolute Gasteiger partial charge is 0.493 e. The summed E-state index contributed by atoms with van der Waals surface area (Å²) < 4.78 is 43.5. The first-order chi connectivity index (χ1) is 8.95. The third-order valence-electron chi connectivity index (χ3n) is 2.64. The lowest BCUT2D eigenvalue weighted by Crippen LogP contribution is -2.26. The van der Waals surface area contributed by atoms with E-state index in [9.17, 15) is 13.2 Å². The second-order valence-electron chi connectivity index (χ2n) is 4.61. The average molecular weight is 275 g/mol. The molecule has 0 spiro atoms. The van der Waals surface area contributed by atoms with Gasteiger partial charge in [0, 0.05) is 12.5 Å². The molecule has 0 amide bonds. The highest BCUT2D eigenvalue weighted by Gasteiger charge is 2.34. The first-order valence-corrected chi connectivity index (χ1v) is 6.45. The van der Waals surface area contributed by atoms with Gasteiger partial charge in [0.1, 0.15) is 5.75 Å². The third-order valence-corrected chi connectivity index (χ3v) is 2.64. The maximum Gasteiger partial charge on any atom is 0.419 e. The van der Waals surface area contributed by atoms with Gasteiger partial charge in [-0.1, -0.05) is 26.0 Å². The number of benzene rings is 1. The molecule has 0 fully saturated rings. The van der Waals surface area contributed by atoms with Crippen molar-refractivity contribution >= 4 is 0 Å². The van der Waals surface area contributed by atoms with Crippen LogP contribution in [-0.4, -0.2) is 19.7 Å². The molecule has 0 bridgehead atoms. The van der Waals surface area contributed by atoms with E-state index in [1.165, 1.54) is 12.1 Å². The van der Waals surface area contributed by atoms with E-state index in [0.29, 0.717) is 0 Å². The van der Waals surface area contributed by atoms with Gasteiger partial charge in [-0.05, 0) is 25.1 Å². The summed E-state index contributed by atoms with van der Waals surface area (Å²) in [7, 11) is 0. The molecule has 1 aromatic carbocycles. The Bertz CT molecular complexity index is 379. The Hall–Kier alpha value is -1.23. The molecule has 1 atom stereocenters. The normalized spacial score (nSPS) is 13.3. The van der Waals surface area contributed by atoms with E-state index >= 15 is 0 Å². The SMILES string of the molecule is CCCNCC(C)COc1ccccc1C(F)(F)F. The second-order valence-corrected chi connectivity index (χ2v) is 4.61. The minimum Gasteiger partial charge on any atom is -0.493 e. The Morgan fingerprint density at radius 2 is 1.95 bits per heavy atom. The summed E-state index contributed by atoms with van der Waals surface area (Å²) >= 11 is 0. The fraction of sp³-hybridized carbons (Fsp3) is 0.571. The summed E-state index contributed by atoms with van der Waals surface area (Å²) in [4.78, 5) is 0. The summed E-state index contributed by atoms with van der Waals surface area (Å²) in [6.45, 7) is 5.92. The number of rotatable bonds is 7. The Balaban J connectivity index is 2.53. The van der Waals surface area contributed by atoms with Gasteiger partial charge in [0.15, 0.2) is 0 Å². The smallest absolute Gasteiger partial charge is 0.419 e. The molecule has 0 aliphatic heterocycles. The fourth-order valence-corrected chi connectivity index (χ4v) is 1.64. The zero-order valence-corrected chi connectivity index (χ0v) is 11.3. The van der Waals surface area contributed by atoms with Gasteiger partial charge in [-0.3, -0.25) is 0 Å². The molecule has 0 saturated heterocycles. The predicted molar refractivity (Wildman–Crippen MR) is 69.3 cm³/mol. The van der Waals surface area contributed by atoms with Gasteiger partial charge in [-0.15, -0.1) is 0 Å². The Kier molecular flexibility index (Phi) is 6.15. The van der Waals surface area contributed by atoms with Gasteiger partial charge in [0.05, 0.1) is 12.2 Å². The minimum atomic E-state index is -4.37. The standard InChI is InChI=1S/C14H20F3NO/c1-3-8-18-9-11(2)10-19-13-7-5-4-6-12(13)14(15,16)17/h4-7,11,18H,3,8-10H2,1-2H3. The fourth-order valence-electron chi connectivity index (χ4n) is 1.64. The van der Waals surface area contributed by atoms with Crippen LogP contribution in [0.3, 0.4) is 0 Å². The number of para-hydroxylation sites is 1. The summed E-state index contributed by atoms with van der Waals surface area (Å²) in [5, 5.41) is 3.21. The number of alkyl halides is 3. The van der Waals surface area contributed by atoms with Crippen LogP contribution in [0.15, 0.2) is 24.3 Å². The minimum absolute atomic E-state index is 0.0997. The molecule has 1 aromatic rings. The average Bonchev–Trinajstić information content (AvgIpc) is 2.36. The molecule has 5 heteroatoms. The summed E-state index contributed by atoms with van der Waals surface area (Å²) in [5.74, 6) is 0.0604. The molecule has 0 saturated carbocycles. The van der Waals surface area contributed by atoms with Gasteiger partial charge in [0.25, 0.3) is 0 Å². The van der Waals surface area contributed by atoms with E-state index in [4.69, 9.17) is 4.74 Å². The van der Waals surface area contributed by atoms with Crippen LogP contribution in [0, 0.1) is 5.92 Å². The van der Waals surface area contributed by atoms with Crippen LogP contribution >= 0.6 is 0 Å². The van der Waals surface area contributed by atoms with Crippen LogP contribution in [0.2, 0.25) is 0 Å². The van der Waals surface area contributed by atoms with Crippen molar-refractivity contribution in [2.75, 3.05) is 19.7 Å². The molecule has 1 N–H and O–H groups in total. The highest BCUT2D eigenvalue weighted by molar-refractivity contribution is 5.35. The molecule has 0 aromatic heterocycles. The monoisotopic (exact) mass is 275 g/mol. The van der Waals surface area contributed by atoms with Crippen LogP contribution in [0.25, 0.3) is 0 Å². The van der Waals surface area contributed by atoms with E-state index in [0.717, 1.165) is 25.6 Å². The molecular weight excluding hydrogens is 255 g/mol. The quantitative estimate of drug-likeness (QED) is 0.766. The first-order valence-electron chi connectivity index (χ1n) is 6.45. The lowest BCUT2D eigenvalue weighted by atomic mass is 10.1. The Morgan fingerprint density at radius 3 is 2.58 bits per heavy atom. The molecule has 0 aliphatic rings. The zero-order chi connectivity index (χ0) is 14.3. The van der Waals surface area contributed by atoms with Gasteiger partial charge in [0.2, 0.25) is 0 Å².